The van der Waals surface area contributed by atoms with Crippen molar-refractivity contribution in [3.05, 3.63) is 30.0 Å². The van der Waals surface area contributed by atoms with E-state index in [9.17, 15) is 4.79 Å². The molecule has 0 aliphatic carbocycles. The van der Waals surface area contributed by atoms with Crippen molar-refractivity contribution in [2.75, 3.05) is 5.32 Å². The topological polar surface area (TPSA) is 42.0 Å². The van der Waals surface area contributed by atoms with Crippen molar-refractivity contribution in [1.82, 2.24) is 4.98 Å². The monoisotopic (exact) mass is 176 g/mol. The van der Waals surface area contributed by atoms with Gasteiger partial charge in [-0.15, -0.1) is 0 Å². The Morgan fingerprint density at radius 1 is 1.62 bits per heavy atom. The molecule has 1 rings (SSSR count). The summed E-state index contributed by atoms with van der Waals surface area (Å²) in [6, 6.07) is 3.71. The molecule has 1 aromatic rings. The lowest BCUT2D eigenvalue weighted by atomic mass is 10.2. The molecular formula is C10H12N2O. The van der Waals surface area contributed by atoms with Gasteiger partial charge >= 0.3 is 0 Å². The van der Waals surface area contributed by atoms with Crippen LogP contribution in [0.25, 0.3) is 6.08 Å². The number of aromatic nitrogens is 1. The fourth-order valence-corrected chi connectivity index (χ4v) is 1.04. The molecule has 0 radical (unpaired) electrons. The highest BCUT2D eigenvalue weighted by atomic mass is 16.1. The van der Waals surface area contributed by atoms with Gasteiger partial charge in [0.25, 0.3) is 0 Å². The van der Waals surface area contributed by atoms with Crippen LogP contribution >= 0.6 is 0 Å². The predicted molar refractivity (Wildman–Crippen MR) is 53.4 cm³/mol. The molecule has 13 heavy (non-hydrogen) atoms. The van der Waals surface area contributed by atoms with Gasteiger partial charge < -0.3 is 5.32 Å². The van der Waals surface area contributed by atoms with Gasteiger partial charge in [0.1, 0.15) is 5.82 Å². The summed E-state index contributed by atoms with van der Waals surface area (Å²) in [5, 5.41) is 2.62. The van der Waals surface area contributed by atoms with E-state index < -0.39 is 0 Å². The highest BCUT2D eigenvalue weighted by molar-refractivity contribution is 5.87. The van der Waals surface area contributed by atoms with E-state index in [4.69, 9.17) is 0 Å². The predicted octanol–water partition coefficient (Wildman–Crippen LogP) is 1.99. The highest BCUT2D eigenvalue weighted by Gasteiger charge is 1.98. The van der Waals surface area contributed by atoms with E-state index >= 15 is 0 Å². The zero-order valence-corrected chi connectivity index (χ0v) is 7.79. The minimum atomic E-state index is -0.117. The van der Waals surface area contributed by atoms with Crippen molar-refractivity contribution < 1.29 is 4.79 Å². The Hall–Kier alpha value is -1.64. The number of nitrogens with zero attached hydrogens (tertiary/aromatic N) is 1. The summed E-state index contributed by atoms with van der Waals surface area (Å²) in [5.74, 6) is 0.454. The molecule has 0 aliphatic heterocycles. The Labute approximate surface area is 77.5 Å². The van der Waals surface area contributed by atoms with E-state index in [1.807, 2.05) is 19.1 Å². The Balaban J connectivity index is 3.01. The minimum absolute atomic E-state index is 0.117. The van der Waals surface area contributed by atoms with Crippen LogP contribution in [0.5, 0.6) is 0 Å². The van der Waals surface area contributed by atoms with Crippen LogP contribution < -0.4 is 5.32 Å². The first-order chi connectivity index (χ1) is 6.11. The number of rotatable bonds is 2. The second kappa shape index (κ2) is 3.85. The number of carbonyl (C=O) groups excluding carboxylic acids is 1. The zero-order chi connectivity index (χ0) is 9.84. The summed E-state index contributed by atoms with van der Waals surface area (Å²) in [6.45, 7) is 7.02. The van der Waals surface area contributed by atoms with Crippen molar-refractivity contribution in [3.8, 4) is 0 Å². The number of amides is 1. The largest absolute Gasteiger partial charge is 0.311 e. The van der Waals surface area contributed by atoms with Crippen molar-refractivity contribution >= 4 is 17.8 Å². The van der Waals surface area contributed by atoms with Gasteiger partial charge in [-0.1, -0.05) is 6.58 Å². The fourth-order valence-electron chi connectivity index (χ4n) is 1.04. The second-order valence-electron chi connectivity index (χ2n) is 2.84. The van der Waals surface area contributed by atoms with Crippen molar-refractivity contribution in [3.63, 3.8) is 0 Å². The number of hydrogen-bond donors (Lipinski definition) is 1. The summed E-state index contributed by atoms with van der Waals surface area (Å²) < 4.78 is 0. The SMILES string of the molecule is C=Cc1cc(C)cc(NC(C)=O)n1. The normalized spacial score (nSPS) is 9.38. The van der Waals surface area contributed by atoms with Crippen molar-refractivity contribution in [2.45, 2.75) is 13.8 Å². The van der Waals surface area contributed by atoms with E-state index in [2.05, 4.69) is 16.9 Å². The van der Waals surface area contributed by atoms with Gasteiger partial charge in [-0.05, 0) is 30.7 Å². The van der Waals surface area contributed by atoms with Crippen LogP contribution in [0.1, 0.15) is 18.2 Å². The molecular weight excluding hydrogens is 164 g/mol. The lowest BCUT2D eigenvalue weighted by Gasteiger charge is -2.03. The average Bonchev–Trinajstić information content (AvgIpc) is 2.01. The molecule has 68 valence electrons. The van der Waals surface area contributed by atoms with Gasteiger partial charge in [-0.25, -0.2) is 4.98 Å². The van der Waals surface area contributed by atoms with Gasteiger partial charge in [0, 0.05) is 6.92 Å². The van der Waals surface area contributed by atoms with E-state index in [0.29, 0.717) is 5.82 Å². The first-order valence-corrected chi connectivity index (χ1v) is 4.00. The first-order valence-electron chi connectivity index (χ1n) is 4.00. The van der Waals surface area contributed by atoms with Crippen LogP contribution in [0.3, 0.4) is 0 Å². The van der Waals surface area contributed by atoms with E-state index in [1.165, 1.54) is 6.92 Å². The third-order valence-electron chi connectivity index (χ3n) is 1.50. The van der Waals surface area contributed by atoms with Gasteiger partial charge in [0.2, 0.25) is 5.91 Å². The standard InChI is InChI=1S/C10H12N2O/c1-4-9-5-7(2)6-10(12-9)11-8(3)13/h4-6H,1H2,2-3H3,(H,11,12,13). The third kappa shape index (κ3) is 2.71. The summed E-state index contributed by atoms with van der Waals surface area (Å²) in [6.07, 6.45) is 1.65. The second-order valence-corrected chi connectivity index (χ2v) is 2.84. The molecule has 1 amide bonds. The molecule has 0 spiro atoms. The maximum absolute atomic E-state index is 10.7. The van der Waals surface area contributed by atoms with Gasteiger partial charge in [0.15, 0.2) is 0 Å². The Morgan fingerprint density at radius 3 is 2.85 bits per heavy atom. The van der Waals surface area contributed by atoms with Crippen LogP contribution in [0.4, 0.5) is 5.82 Å². The number of nitrogens with one attached hydrogen (secondary N) is 1. The molecule has 0 aliphatic rings. The Bertz CT molecular complexity index is 345. The molecule has 0 fully saturated rings. The maximum atomic E-state index is 10.7. The van der Waals surface area contributed by atoms with Crippen LogP contribution in [0.15, 0.2) is 18.7 Å². The van der Waals surface area contributed by atoms with E-state index in [1.54, 1.807) is 6.08 Å². The number of hydrogen-bond acceptors (Lipinski definition) is 2. The number of carbonyl (C=O) groups is 1. The van der Waals surface area contributed by atoms with Crippen LogP contribution in [-0.4, -0.2) is 10.9 Å². The van der Waals surface area contributed by atoms with Crippen LogP contribution in [-0.2, 0) is 4.79 Å². The quantitative estimate of drug-likeness (QED) is 0.748. The Morgan fingerprint density at radius 2 is 2.31 bits per heavy atom. The van der Waals surface area contributed by atoms with Crippen LogP contribution in [0, 0.1) is 6.92 Å². The average molecular weight is 176 g/mol. The molecule has 0 bridgehead atoms. The lowest BCUT2D eigenvalue weighted by molar-refractivity contribution is -0.114. The fraction of sp³-hybridized carbons (Fsp3) is 0.200. The third-order valence-corrected chi connectivity index (χ3v) is 1.50. The maximum Gasteiger partial charge on any atom is 0.222 e. The molecule has 1 aromatic heterocycles. The summed E-state index contributed by atoms with van der Waals surface area (Å²) >= 11 is 0. The molecule has 0 aromatic carbocycles. The number of aryl methyl sites for hydroxylation is 1. The van der Waals surface area contributed by atoms with Crippen LogP contribution in [0.2, 0.25) is 0 Å². The van der Waals surface area contributed by atoms with Gasteiger partial charge in [-0.3, -0.25) is 4.79 Å². The molecule has 0 atom stereocenters. The number of pyridine rings is 1. The smallest absolute Gasteiger partial charge is 0.222 e. The summed E-state index contributed by atoms with van der Waals surface area (Å²) in [7, 11) is 0. The minimum Gasteiger partial charge on any atom is -0.311 e. The zero-order valence-electron chi connectivity index (χ0n) is 7.79. The Kier molecular flexibility index (Phi) is 2.80. The van der Waals surface area contributed by atoms with E-state index in [0.717, 1.165) is 11.3 Å². The van der Waals surface area contributed by atoms with Crippen molar-refractivity contribution in [1.29, 1.82) is 0 Å². The van der Waals surface area contributed by atoms with Crippen molar-refractivity contribution in [2.24, 2.45) is 0 Å². The summed E-state index contributed by atoms with van der Waals surface area (Å²) in [4.78, 5) is 14.9. The van der Waals surface area contributed by atoms with E-state index in [-0.39, 0.29) is 5.91 Å². The number of anilines is 1. The first kappa shape index (κ1) is 9.45. The lowest BCUT2D eigenvalue weighted by Crippen LogP contribution is -2.07. The van der Waals surface area contributed by atoms with Gasteiger partial charge in [0.05, 0.1) is 5.69 Å². The molecule has 3 heteroatoms. The van der Waals surface area contributed by atoms with Gasteiger partial charge in [-0.2, -0.15) is 0 Å². The molecule has 3 nitrogen and oxygen atoms in total. The molecule has 0 unspecified atom stereocenters. The molecule has 0 saturated carbocycles. The summed E-state index contributed by atoms with van der Waals surface area (Å²) in [5.41, 5.74) is 1.82. The molecule has 1 heterocycles. The molecule has 0 saturated heterocycles. The molecule has 1 N–H and O–H groups in total. The highest BCUT2D eigenvalue weighted by Crippen LogP contribution is 2.10.